The number of anilines is 1. The van der Waals surface area contributed by atoms with E-state index in [1.807, 2.05) is 0 Å². The average molecular weight is 276 g/mol. The summed E-state index contributed by atoms with van der Waals surface area (Å²) in [7, 11) is 0. The molecule has 4 nitrogen and oxygen atoms in total. The van der Waals surface area contributed by atoms with Gasteiger partial charge in [-0.1, -0.05) is 17.4 Å². The van der Waals surface area contributed by atoms with Crippen LogP contribution in [0.15, 0.2) is 18.2 Å². The largest absolute Gasteiger partial charge is 0.317 e. The van der Waals surface area contributed by atoms with Gasteiger partial charge < -0.3 is 5.32 Å². The molecule has 88 valence electrons. The summed E-state index contributed by atoms with van der Waals surface area (Å²) in [5.74, 6) is -2.87. The van der Waals surface area contributed by atoms with E-state index in [0.717, 1.165) is 17.4 Å². The summed E-state index contributed by atoms with van der Waals surface area (Å²) < 4.78 is 26.2. The fraction of sp³-hybridized carbons (Fsp3) is 0. The summed E-state index contributed by atoms with van der Waals surface area (Å²) in [6, 6.07) is 3.47. The van der Waals surface area contributed by atoms with Crippen molar-refractivity contribution in [3.8, 4) is 0 Å². The molecular weight excluding hydrogens is 272 g/mol. The Hall–Kier alpha value is -1.60. The molecule has 0 fully saturated rings. The van der Waals surface area contributed by atoms with Crippen LogP contribution in [0.2, 0.25) is 4.47 Å². The van der Waals surface area contributed by atoms with Gasteiger partial charge in [-0.15, -0.1) is 10.2 Å². The van der Waals surface area contributed by atoms with E-state index in [9.17, 15) is 13.6 Å². The minimum absolute atomic E-state index is 0.0290. The van der Waals surface area contributed by atoms with Crippen LogP contribution in [0.5, 0.6) is 0 Å². The lowest BCUT2D eigenvalue weighted by Crippen LogP contribution is -2.13. The molecule has 0 aliphatic carbocycles. The minimum atomic E-state index is -1.13. The fourth-order valence-electron chi connectivity index (χ4n) is 1.07. The number of nitrogens with zero attached hydrogens (tertiary/aromatic N) is 2. The van der Waals surface area contributed by atoms with E-state index in [4.69, 9.17) is 11.6 Å². The first-order valence-electron chi connectivity index (χ1n) is 4.32. The van der Waals surface area contributed by atoms with Gasteiger partial charge in [0.2, 0.25) is 9.47 Å². The molecule has 8 heteroatoms. The molecule has 0 aliphatic heterocycles. The van der Waals surface area contributed by atoms with Crippen LogP contribution < -0.4 is 5.32 Å². The smallest absolute Gasteiger partial charge is 0.286 e. The molecule has 0 saturated heterocycles. The van der Waals surface area contributed by atoms with Crippen LogP contribution in [0.4, 0.5) is 14.5 Å². The van der Waals surface area contributed by atoms with Gasteiger partial charge in [-0.2, -0.15) is 0 Å². The highest BCUT2D eigenvalue weighted by Crippen LogP contribution is 2.19. The van der Waals surface area contributed by atoms with Crippen molar-refractivity contribution < 1.29 is 13.6 Å². The van der Waals surface area contributed by atoms with Crippen LogP contribution in [0, 0.1) is 11.6 Å². The molecule has 0 atom stereocenters. The predicted molar refractivity (Wildman–Crippen MR) is 59.2 cm³/mol. The monoisotopic (exact) mass is 275 g/mol. The number of amides is 1. The van der Waals surface area contributed by atoms with Gasteiger partial charge in [0.1, 0.15) is 0 Å². The van der Waals surface area contributed by atoms with E-state index in [1.165, 1.54) is 12.1 Å². The van der Waals surface area contributed by atoms with Crippen molar-refractivity contribution in [2.24, 2.45) is 0 Å². The Balaban J connectivity index is 2.21. The van der Waals surface area contributed by atoms with E-state index in [2.05, 4.69) is 15.5 Å². The molecule has 0 aliphatic rings. The summed E-state index contributed by atoms with van der Waals surface area (Å²) in [6.45, 7) is 0. The zero-order valence-electron chi connectivity index (χ0n) is 8.08. The number of nitrogens with one attached hydrogen (secondary N) is 1. The molecule has 2 aromatic rings. The van der Waals surface area contributed by atoms with Crippen molar-refractivity contribution in [1.29, 1.82) is 0 Å². The van der Waals surface area contributed by atoms with Gasteiger partial charge in [0, 0.05) is 0 Å². The Kier molecular flexibility index (Phi) is 3.30. The van der Waals surface area contributed by atoms with E-state index in [-0.39, 0.29) is 15.2 Å². The summed E-state index contributed by atoms with van der Waals surface area (Å²) in [6.07, 6.45) is 0. The zero-order valence-corrected chi connectivity index (χ0v) is 9.65. The Morgan fingerprint density at radius 2 is 2.12 bits per heavy atom. The predicted octanol–water partition coefficient (Wildman–Crippen LogP) is 2.72. The van der Waals surface area contributed by atoms with Crippen molar-refractivity contribution in [2.45, 2.75) is 0 Å². The van der Waals surface area contributed by atoms with Crippen molar-refractivity contribution >= 4 is 34.5 Å². The number of carbonyl (C=O) groups excluding carboxylic acids is 1. The van der Waals surface area contributed by atoms with Gasteiger partial charge >= 0.3 is 0 Å². The average Bonchev–Trinajstić information content (AvgIpc) is 2.72. The SMILES string of the molecule is O=C(Nc1cccc(F)c1F)c1nnc(Cl)s1. The summed E-state index contributed by atoms with van der Waals surface area (Å²) in [4.78, 5) is 11.5. The van der Waals surface area contributed by atoms with E-state index < -0.39 is 17.5 Å². The molecule has 1 aromatic heterocycles. The molecule has 17 heavy (non-hydrogen) atoms. The maximum absolute atomic E-state index is 13.2. The second-order valence-electron chi connectivity index (χ2n) is 2.92. The number of hydrogen-bond donors (Lipinski definition) is 1. The first-order chi connectivity index (χ1) is 8.08. The van der Waals surface area contributed by atoms with Crippen LogP contribution in [0.3, 0.4) is 0 Å². The normalized spacial score (nSPS) is 10.3. The van der Waals surface area contributed by atoms with Crippen LogP contribution in [-0.4, -0.2) is 16.1 Å². The molecular formula is C9H4ClF2N3OS. The van der Waals surface area contributed by atoms with Crippen LogP contribution >= 0.6 is 22.9 Å². The third kappa shape index (κ3) is 2.56. The third-order valence-corrected chi connectivity index (χ3v) is 2.81. The Labute approximate surface area is 103 Å². The zero-order chi connectivity index (χ0) is 12.4. The van der Waals surface area contributed by atoms with Crippen molar-refractivity contribution in [2.75, 3.05) is 5.32 Å². The van der Waals surface area contributed by atoms with Crippen molar-refractivity contribution in [3.63, 3.8) is 0 Å². The summed E-state index contributed by atoms with van der Waals surface area (Å²) >= 11 is 6.33. The molecule has 1 amide bonds. The number of hydrogen-bond acceptors (Lipinski definition) is 4. The molecule has 0 saturated carbocycles. The quantitative estimate of drug-likeness (QED) is 0.917. The lowest BCUT2D eigenvalue weighted by Gasteiger charge is -2.03. The molecule has 0 unspecified atom stereocenters. The number of rotatable bonds is 2. The summed E-state index contributed by atoms with van der Waals surface area (Å²) in [5, 5.41) is 9.04. The standard InChI is InChI=1S/C9H4ClF2N3OS/c10-9-15-14-8(17-9)7(16)13-5-3-1-2-4(11)6(5)12/h1-3H,(H,13,16). The second kappa shape index (κ2) is 4.72. The first kappa shape index (κ1) is 11.9. The Morgan fingerprint density at radius 1 is 1.35 bits per heavy atom. The van der Waals surface area contributed by atoms with Gasteiger partial charge in [-0.3, -0.25) is 4.79 Å². The van der Waals surface area contributed by atoms with Gasteiger partial charge in [0.15, 0.2) is 11.6 Å². The number of halogens is 3. The Morgan fingerprint density at radius 3 is 2.76 bits per heavy atom. The van der Waals surface area contributed by atoms with Gasteiger partial charge in [0.05, 0.1) is 5.69 Å². The van der Waals surface area contributed by atoms with E-state index >= 15 is 0 Å². The molecule has 1 N–H and O–H groups in total. The van der Waals surface area contributed by atoms with Gasteiger partial charge in [-0.25, -0.2) is 8.78 Å². The lowest BCUT2D eigenvalue weighted by atomic mass is 10.3. The Bertz CT molecular complexity index is 575. The van der Waals surface area contributed by atoms with E-state index in [1.54, 1.807) is 0 Å². The number of carbonyl (C=O) groups is 1. The van der Waals surface area contributed by atoms with Gasteiger partial charge in [-0.05, 0) is 23.7 Å². The van der Waals surface area contributed by atoms with E-state index in [0.29, 0.717) is 0 Å². The first-order valence-corrected chi connectivity index (χ1v) is 5.52. The topological polar surface area (TPSA) is 54.9 Å². The lowest BCUT2D eigenvalue weighted by molar-refractivity contribution is 0.102. The molecule has 1 aromatic carbocycles. The van der Waals surface area contributed by atoms with Crippen LogP contribution in [0.1, 0.15) is 9.80 Å². The summed E-state index contributed by atoms with van der Waals surface area (Å²) in [5.41, 5.74) is -0.263. The van der Waals surface area contributed by atoms with Crippen LogP contribution in [-0.2, 0) is 0 Å². The minimum Gasteiger partial charge on any atom is -0.317 e. The van der Waals surface area contributed by atoms with Crippen molar-refractivity contribution in [3.05, 3.63) is 39.3 Å². The van der Waals surface area contributed by atoms with Crippen LogP contribution in [0.25, 0.3) is 0 Å². The molecule has 1 heterocycles. The number of aromatic nitrogens is 2. The van der Waals surface area contributed by atoms with Gasteiger partial charge in [0.25, 0.3) is 5.91 Å². The number of benzene rings is 1. The highest BCUT2D eigenvalue weighted by molar-refractivity contribution is 7.17. The molecule has 0 spiro atoms. The second-order valence-corrected chi connectivity index (χ2v) is 4.48. The highest BCUT2D eigenvalue weighted by Gasteiger charge is 2.15. The highest BCUT2D eigenvalue weighted by atomic mass is 35.5. The van der Waals surface area contributed by atoms with Crippen molar-refractivity contribution in [1.82, 2.24) is 10.2 Å². The maximum Gasteiger partial charge on any atom is 0.286 e. The third-order valence-electron chi connectivity index (χ3n) is 1.79. The molecule has 0 radical (unpaired) electrons. The maximum atomic E-state index is 13.2. The molecule has 0 bridgehead atoms. The molecule has 2 rings (SSSR count). The fourth-order valence-corrected chi connectivity index (χ4v) is 1.80.